The zero-order valence-corrected chi connectivity index (χ0v) is 16.3. The van der Waals surface area contributed by atoms with Crippen LogP contribution in [-0.4, -0.2) is 37.1 Å². The fraction of sp³-hybridized carbons (Fsp3) is 0.458. The van der Waals surface area contributed by atoms with Crippen LogP contribution < -0.4 is 0 Å². The van der Waals surface area contributed by atoms with Crippen LogP contribution in [0.1, 0.15) is 43.2 Å². The molecule has 0 saturated carbocycles. The molecule has 0 amide bonds. The predicted octanol–water partition coefficient (Wildman–Crippen LogP) is 4.41. The maximum Gasteiger partial charge on any atom is 0.320 e. The van der Waals surface area contributed by atoms with Crippen molar-refractivity contribution in [2.24, 2.45) is 5.92 Å². The minimum atomic E-state index is -0.739. The molecule has 4 rings (SSSR count). The topological polar surface area (TPSA) is 29.5 Å². The fourth-order valence-electron chi connectivity index (χ4n) is 5.46. The second kappa shape index (κ2) is 7.47. The van der Waals surface area contributed by atoms with E-state index in [1.54, 1.807) is 0 Å². The van der Waals surface area contributed by atoms with Gasteiger partial charge in [-0.05, 0) is 56.2 Å². The number of hydrogen-bond donors (Lipinski definition) is 0. The summed E-state index contributed by atoms with van der Waals surface area (Å²) in [5.41, 5.74) is 1.33. The average Bonchev–Trinajstić information content (AvgIpc) is 2.93. The monoisotopic (exact) mass is 363 g/mol. The van der Waals surface area contributed by atoms with E-state index < -0.39 is 5.41 Å². The van der Waals surface area contributed by atoms with Gasteiger partial charge in [-0.2, -0.15) is 0 Å². The van der Waals surface area contributed by atoms with Crippen LogP contribution in [0.3, 0.4) is 0 Å². The lowest BCUT2D eigenvalue weighted by Gasteiger charge is -2.41. The third-order valence-corrected chi connectivity index (χ3v) is 6.86. The molecule has 2 aliphatic heterocycles. The zero-order valence-electron chi connectivity index (χ0n) is 16.3. The summed E-state index contributed by atoms with van der Waals surface area (Å²) in [4.78, 5) is 15.9. The minimum absolute atomic E-state index is 0.147. The Hall–Kier alpha value is -2.13. The highest BCUT2D eigenvalue weighted by Gasteiger charge is 2.48. The van der Waals surface area contributed by atoms with Crippen molar-refractivity contribution in [1.82, 2.24) is 4.90 Å². The van der Waals surface area contributed by atoms with Gasteiger partial charge in [-0.3, -0.25) is 4.79 Å². The second-order valence-electron chi connectivity index (χ2n) is 8.22. The molecule has 2 atom stereocenters. The molecule has 27 heavy (non-hydrogen) atoms. The maximum absolute atomic E-state index is 13.3. The SMILES string of the molecule is COC(=O)C(CC1CC2CCC(C1)N2C)(c1ccccc1)c1ccccc1. The van der Waals surface area contributed by atoms with Crippen molar-refractivity contribution in [3.05, 3.63) is 71.8 Å². The highest BCUT2D eigenvalue weighted by Crippen LogP contribution is 2.46. The van der Waals surface area contributed by atoms with Gasteiger partial charge in [0.2, 0.25) is 0 Å². The van der Waals surface area contributed by atoms with E-state index in [1.165, 1.54) is 32.8 Å². The molecule has 2 fully saturated rings. The third-order valence-electron chi connectivity index (χ3n) is 6.86. The van der Waals surface area contributed by atoms with Gasteiger partial charge in [0, 0.05) is 12.1 Å². The van der Waals surface area contributed by atoms with Crippen molar-refractivity contribution < 1.29 is 9.53 Å². The number of ether oxygens (including phenoxy) is 1. The molecule has 2 heterocycles. The Morgan fingerprint density at radius 3 is 1.89 bits per heavy atom. The Labute approximate surface area is 162 Å². The largest absolute Gasteiger partial charge is 0.468 e. The molecule has 0 radical (unpaired) electrons. The van der Waals surface area contributed by atoms with Crippen LogP contribution in [0.15, 0.2) is 60.7 Å². The summed E-state index contributed by atoms with van der Waals surface area (Å²) >= 11 is 0. The maximum atomic E-state index is 13.3. The summed E-state index contributed by atoms with van der Waals surface area (Å²) in [6.07, 6.45) is 5.74. The number of benzene rings is 2. The molecule has 142 valence electrons. The van der Waals surface area contributed by atoms with Crippen molar-refractivity contribution in [1.29, 1.82) is 0 Å². The molecule has 3 nitrogen and oxygen atoms in total. The first kappa shape index (κ1) is 18.2. The van der Waals surface area contributed by atoms with Crippen LogP contribution in [0.4, 0.5) is 0 Å². The molecule has 3 heteroatoms. The number of carbonyl (C=O) groups excluding carboxylic acids is 1. The Balaban J connectivity index is 1.77. The van der Waals surface area contributed by atoms with Crippen LogP contribution in [0.2, 0.25) is 0 Å². The summed E-state index contributed by atoms with van der Waals surface area (Å²) in [6, 6.07) is 21.7. The van der Waals surface area contributed by atoms with Gasteiger partial charge in [0.15, 0.2) is 0 Å². The van der Waals surface area contributed by atoms with Crippen molar-refractivity contribution >= 4 is 5.97 Å². The smallest absolute Gasteiger partial charge is 0.320 e. The van der Waals surface area contributed by atoms with Crippen molar-refractivity contribution in [3.63, 3.8) is 0 Å². The molecule has 0 aliphatic carbocycles. The van der Waals surface area contributed by atoms with E-state index in [4.69, 9.17) is 4.74 Å². The second-order valence-corrected chi connectivity index (χ2v) is 8.22. The lowest BCUT2D eigenvalue weighted by molar-refractivity contribution is -0.146. The summed E-state index contributed by atoms with van der Waals surface area (Å²) in [6.45, 7) is 0. The quantitative estimate of drug-likeness (QED) is 0.737. The molecule has 2 aromatic rings. The van der Waals surface area contributed by atoms with E-state index in [1.807, 2.05) is 36.4 Å². The Morgan fingerprint density at radius 1 is 0.963 bits per heavy atom. The number of nitrogens with zero attached hydrogens (tertiary/aromatic N) is 1. The van der Waals surface area contributed by atoms with Gasteiger partial charge in [-0.15, -0.1) is 0 Å². The highest BCUT2D eigenvalue weighted by molar-refractivity contribution is 5.87. The van der Waals surface area contributed by atoms with E-state index in [2.05, 4.69) is 36.2 Å². The molecular weight excluding hydrogens is 334 g/mol. The molecule has 2 bridgehead atoms. The third kappa shape index (κ3) is 3.19. The van der Waals surface area contributed by atoms with E-state index in [0.717, 1.165) is 17.5 Å². The zero-order chi connectivity index (χ0) is 18.9. The number of carbonyl (C=O) groups is 1. The Morgan fingerprint density at radius 2 is 1.44 bits per heavy atom. The first-order valence-electron chi connectivity index (χ1n) is 10.1. The number of methoxy groups -OCH3 is 1. The average molecular weight is 364 g/mol. The number of fused-ring (bicyclic) bond motifs is 2. The van der Waals surface area contributed by atoms with Crippen molar-refractivity contribution in [3.8, 4) is 0 Å². The van der Waals surface area contributed by atoms with Crippen molar-refractivity contribution in [2.75, 3.05) is 14.2 Å². The summed E-state index contributed by atoms with van der Waals surface area (Å²) < 4.78 is 5.41. The number of hydrogen-bond acceptors (Lipinski definition) is 3. The first-order valence-corrected chi connectivity index (χ1v) is 10.1. The van der Waals surface area contributed by atoms with E-state index >= 15 is 0 Å². The van der Waals surface area contributed by atoms with Crippen LogP contribution in [-0.2, 0) is 14.9 Å². The van der Waals surface area contributed by atoms with Gasteiger partial charge in [-0.25, -0.2) is 0 Å². The van der Waals surface area contributed by atoms with Crippen molar-refractivity contribution in [2.45, 2.75) is 49.6 Å². The standard InChI is InChI=1S/C24H29NO2/c1-25-21-13-14-22(25)16-18(15-21)17-24(23(26)27-2,19-9-5-3-6-10-19)20-11-7-4-8-12-20/h3-12,18,21-22H,13-17H2,1-2H3. The van der Waals surface area contributed by atoms with E-state index in [-0.39, 0.29) is 5.97 Å². The van der Waals surface area contributed by atoms with Crippen LogP contribution in [0.25, 0.3) is 0 Å². The van der Waals surface area contributed by atoms with Crippen LogP contribution >= 0.6 is 0 Å². The van der Waals surface area contributed by atoms with Crippen LogP contribution in [0.5, 0.6) is 0 Å². The lowest BCUT2D eigenvalue weighted by Crippen LogP contribution is -2.45. The normalized spacial score (nSPS) is 25.3. The van der Waals surface area contributed by atoms with Gasteiger partial charge in [-0.1, -0.05) is 60.7 Å². The van der Waals surface area contributed by atoms with E-state index in [0.29, 0.717) is 18.0 Å². The first-order chi connectivity index (χ1) is 13.1. The molecule has 2 saturated heterocycles. The minimum Gasteiger partial charge on any atom is -0.468 e. The van der Waals surface area contributed by atoms with Gasteiger partial charge in [0.25, 0.3) is 0 Å². The summed E-state index contributed by atoms with van der Waals surface area (Å²) in [5, 5.41) is 0. The number of esters is 1. The summed E-state index contributed by atoms with van der Waals surface area (Å²) in [5.74, 6) is 0.379. The predicted molar refractivity (Wildman–Crippen MR) is 108 cm³/mol. The van der Waals surface area contributed by atoms with Gasteiger partial charge in [0.05, 0.1) is 7.11 Å². The molecule has 0 spiro atoms. The number of rotatable bonds is 5. The molecule has 2 aromatic carbocycles. The number of piperidine rings is 1. The van der Waals surface area contributed by atoms with Crippen LogP contribution in [0, 0.1) is 5.92 Å². The molecule has 0 aromatic heterocycles. The van der Waals surface area contributed by atoms with E-state index in [9.17, 15) is 4.79 Å². The van der Waals surface area contributed by atoms with Gasteiger partial charge < -0.3 is 9.64 Å². The lowest BCUT2D eigenvalue weighted by atomic mass is 9.67. The van der Waals surface area contributed by atoms with Gasteiger partial charge in [0.1, 0.15) is 5.41 Å². The molecular formula is C24H29NO2. The summed E-state index contributed by atoms with van der Waals surface area (Å²) in [7, 11) is 3.78. The molecule has 2 aliphatic rings. The molecule has 2 unspecified atom stereocenters. The Bertz CT molecular complexity index is 720. The Kier molecular flexibility index (Phi) is 5.05. The van der Waals surface area contributed by atoms with Gasteiger partial charge >= 0.3 is 5.97 Å². The molecule has 0 N–H and O–H groups in total. The fourth-order valence-corrected chi connectivity index (χ4v) is 5.46. The highest BCUT2D eigenvalue weighted by atomic mass is 16.5.